The molecule has 0 fully saturated rings. The Morgan fingerprint density at radius 1 is 1.00 bits per heavy atom. The molecule has 0 saturated heterocycles. The molecule has 1 amide bonds. The van der Waals surface area contributed by atoms with Crippen LogP contribution in [0.1, 0.15) is 66.4 Å². The molecule has 0 spiro atoms. The summed E-state index contributed by atoms with van der Waals surface area (Å²) >= 11 is 5.96. The van der Waals surface area contributed by atoms with E-state index in [0.29, 0.717) is 29.2 Å². The minimum atomic E-state index is -0.901. The van der Waals surface area contributed by atoms with Crippen LogP contribution >= 0.6 is 11.6 Å². The van der Waals surface area contributed by atoms with Crippen molar-refractivity contribution in [2.75, 3.05) is 13.2 Å². The third-order valence-corrected chi connectivity index (χ3v) is 5.27. The van der Waals surface area contributed by atoms with Crippen molar-refractivity contribution in [2.45, 2.75) is 44.9 Å². The topological polar surface area (TPSA) is 92.7 Å². The van der Waals surface area contributed by atoms with Gasteiger partial charge in [0, 0.05) is 23.0 Å². The van der Waals surface area contributed by atoms with E-state index in [2.05, 4.69) is 5.32 Å². The van der Waals surface area contributed by atoms with Crippen LogP contribution in [-0.2, 0) is 14.3 Å². The highest BCUT2D eigenvalue weighted by Gasteiger charge is 2.30. The van der Waals surface area contributed by atoms with Crippen molar-refractivity contribution in [3.8, 4) is 0 Å². The van der Waals surface area contributed by atoms with Crippen LogP contribution in [0, 0.1) is 0 Å². The summed E-state index contributed by atoms with van der Waals surface area (Å²) in [5.41, 5.74) is 1.99. The van der Waals surface area contributed by atoms with Crippen molar-refractivity contribution >= 4 is 29.4 Å². The second kappa shape index (κ2) is 12.1. The Bertz CT molecular complexity index is 880. The highest BCUT2D eigenvalue weighted by atomic mass is 35.5. The van der Waals surface area contributed by atoms with Gasteiger partial charge in [0.1, 0.15) is 0 Å². The smallest absolute Gasteiger partial charge is 0.311 e. The highest BCUT2D eigenvalue weighted by Crippen LogP contribution is 2.37. The maximum atomic E-state index is 12.3. The summed E-state index contributed by atoms with van der Waals surface area (Å²) in [5, 5.41) is 13.2. The van der Waals surface area contributed by atoms with E-state index in [-0.39, 0.29) is 30.8 Å². The van der Waals surface area contributed by atoms with Gasteiger partial charge in [0.15, 0.2) is 0 Å². The maximum absolute atomic E-state index is 12.3. The van der Waals surface area contributed by atoms with Crippen LogP contribution in [0.3, 0.4) is 0 Å². The Labute approximate surface area is 187 Å². The molecule has 0 aliphatic rings. The number of carbonyl (C=O) groups is 3. The zero-order valence-corrected chi connectivity index (χ0v) is 18.5. The molecule has 2 N–H and O–H groups in total. The van der Waals surface area contributed by atoms with E-state index >= 15 is 0 Å². The number of ether oxygens (including phenoxy) is 1. The number of rotatable bonds is 11. The van der Waals surface area contributed by atoms with E-state index in [1.165, 1.54) is 0 Å². The summed E-state index contributed by atoms with van der Waals surface area (Å²) in [6.45, 7) is 4.24. The summed E-state index contributed by atoms with van der Waals surface area (Å²) in [7, 11) is 0. The number of benzene rings is 2. The molecule has 0 aromatic heterocycles. The lowest BCUT2D eigenvalue weighted by atomic mass is 9.78. The van der Waals surface area contributed by atoms with Crippen molar-refractivity contribution in [3.63, 3.8) is 0 Å². The van der Waals surface area contributed by atoms with Gasteiger partial charge in [-0.1, -0.05) is 49.2 Å². The number of aliphatic carboxylic acids is 1. The van der Waals surface area contributed by atoms with Gasteiger partial charge >= 0.3 is 11.9 Å². The molecule has 2 aromatic carbocycles. The molecule has 0 aliphatic heterocycles. The predicted octanol–water partition coefficient (Wildman–Crippen LogP) is 4.78. The predicted molar refractivity (Wildman–Crippen MR) is 120 cm³/mol. The van der Waals surface area contributed by atoms with Crippen LogP contribution in [0.5, 0.6) is 0 Å². The molecule has 31 heavy (non-hydrogen) atoms. The Morgan fingerprint density at radius 2 is 1.61 bits per heavy atom. The van der Waals surface area contributed by atoms with Gasteiger partial charge in [0.2, 0.25) is 0 Å². The fourth-order valence-corrected chi connectivity index (χ4v) is 3.67. The monoisotopic (exact) mass is 445 g/mol. The Balaban J connectivity index is 2.16. The summed E-state index contributed by atoms with van der Waals surface area (Å²) in [6.07, 6.45) is 1.61. The third-order valence-electron chi connectivity index (χ3n) is 5.02. The second-order valence-corrected chi connectivity index (χ2v) is 7.63. The maximum Gasteiger partial charge on any atom is 0.311 e. The molecular formula is C24H28ClNO5. The highest BCUT2D eigenvalue weighted by molar-refractivity contribution is 6.30. The SMILES string of the molecule is CCCC(c1ccc(C(=O)NCCC(=O)OCC)cc1)C(C(=O)O)c1ccc(Cl)cc1. The van der Waals surface area contributed by atoms with Crippen LogP contribution in [0.2, 0.25) is 5.02 Å². The number of carboxylic acid groups (broad SMARTS) is 1. The molecule has 0 bridgehead atoms. The van der Waals surface area contributed by atoms with Crippen LogP contribution in [0.15, 0.2) is 48.5 Å². The van der Waals surface area contributed by atoms with Crippen molar-refractivity contribution < 1.29 is 24.2 Å². The van der Waals surface area contributed by atoms with E-state index in [0.717, 1.165) is 12.0 Å². The summed E-state index contributed by atoms with van der Waals surface area (Å²) in [5.74, 6) is -2.52. The van der Waals surface area contributed by atoms with Gasteiger partial charge in [-0.15, -0.1) is 0 Å². The average Bonchev–Trinajstić information content (AvgIpc) is 2.74. The Hall–Kier alpha value is -2.86. The largest absolute Gasteiger partial charge is 0.481 e. The van der Waals surface area contributed by atoms with Crippen LogP contribution in [-0.4, -0.2) is 36.1 Å². The number of nitrogens with one attached hydrogen (secondary N) is 1. The first-order valence-corrected chi connectivity index (χ1v) is 10.8. The fraction of sp³-hybridized carbons (Fsp3) is 0.375. The molecular weight excluding hydrogens is 418 g/mol. The summed E-state index contributed by atoms with van der Waals surface area (Å²) in [4.78, 5) is 35.8. The standard InChI is InChI=1S/C24H28ClNO5/c1-3-5-20(22(24(29)30)17-10-12-19(25)13-11-17)16-6-8-18(9-7-16)23(28)26-15-14-21(27)31-4-2/h6-13,20,22H,3-5,14-15H2,1-2H3,(H,26,28)(H,29,30). The quantitative estimate of drug-likeness (QED) is 0.486. The minimum Gasteiger partial charge on any atom is -0.481 e. The minimum absolute atomic E-state index is 0.109. The van der Waals surface area contributed by atoms with Crippen molar-refractivity contribution in [1.29, 1.82) is 0 Å². The second-order valence-electron chi connectivity index (χ2n) is 7.20. The first-order valence-electron chi connectivity index (χ1n) is 10.4. The van der Waals surface area contributed by atoms with E-state index in [4.69, 9.17) is 16.3 Å². The van der Waals surface area contributed by atoms with E-state index in [1.54, 1.807) is 55.5 Å². The molecule has 6 nitrogen and oxygen atoms in total. The molecule has 2 aromatic rings. The van der Waals surface area contributed by atoms with Crippen LogP contribution in [0.4, 0.5) is 0 Å². The zero-order chi connectivity index (χ0) is 22.8. The summed E-state index contributed by atoms with van der Waals surface area (Å²) in [6, 6.07) is 13.8. The fourth-order valence-electron chi connectivity index (χ4n) is 3.55. The Morgan fingerprint density at radius 3 is 2.16 bits per heavy atom. The molecule has 7 heteroatoms. The van der Waals surface area contributed by atoms with E-state index < -0.39 is 11.9 Å². The number of halogens is 1. The van der Waals surface area contributed by atoms with Gasteiger partial charge in [-0.05, 0) is 48.7 Å². The number of hydrogen-bond donors (Lipinski definition) is 2. The molecule has 0 aliphatic carbocycles. The number of hydrogen-bond acceptors (Lipinski definition) is 4. The number of amides is 1. The van der Waals surface area contributed by atoms with Gasteiger partial charge in [-0.3, -0.25) is 14.4 Å². The third kappa shape index (κ3) is 7.10. The molecule has 2 atom stereocenters. The average molecular weight is 446 g/mol. The van der Waals surface area contributed by atoms with Crippen molar-refractivity contribution in [2.24, 2.45) is 0 Å². The zero-order valence-electron chi connectivity index (χ0n) is 17.8. The number of carboxylic acids is 1. The van der Waals surface area contributed by atoms with E-state index in [9.17, 15) is 19.5 Å². The Kier molecular flexibility index (Phi) is 9.53. The van der Waals surface area contributed by atoms with Gasteiger partial charge in [0.25, 0.3) is 5.91 Å². The first kappa shape index (κ1) is 24.4. The summed E-state index contributed by atoms with van der Waals surface area (Å²) < 4.78 is 4.83. The molecule has 0 saturated carbocycles. The normalized spacial score (nSPS) is 12.6. The van der Waals surface area contributed by atoms with Crippen LogP contribution < -0.4 is 5.32 Å². The van der Waals surface area contributed by atoms with E-state index in [1.807, 2.05) is 6.92 Å². The van der Waals surface area contributed by atoms with Crippen molar-refractivity contribution in [1.82, 2.24) is 5.32 Å². The van der Waals surface area contributed by atoms with Gasteiger partial charge in [-0.25, -0.2) is 0 Å². The van der Waals surface area contributed by atoms with Crippen molar-refractivity contribution in [3.05, 3.63) is 70.2 Å². The van der Waals surface area contributed by atoms with Gasteiger partial charge in [0.05, 0.1) is 18.9 Å². The molecule has 166 valence electrons. The number of esters is 1. The lowest BCUT2D eigenvalue weighted by Gasteiger charge is -2.25. The lowest BCUT2D eigenvalue weighted by molar-refractivity contribution is -0.143. The molecule has 2 unspecified atom stereocenters. The molecule has 0 heterocycles. The lowest BCUT2D eigenvalue weighted by Crippen LogP contribution is -2.26. The van der Waals surface area contributed by atoms with Gasteiger partial charge in [-0.2, -0.15) is 0 Å². The number of carbonyl (C=O) groups excluding carboxylic acids is 2. The van der Waals surface area contributed by atoms with Crippen LogP contribution in [0.25, 0.3) is 0 Å². The first-order chi connectivity index (χ1) is 14.9. The van der Waals surface area contributed by atoms with Gasteiger partial charge < -0.3 is 15.2 Å². The molecule has 0 radical (unpaired) electrons. The molecule has 2 rings (SSSR count).